The molecular weight excluding hydrogens is 1160 g/mol. The van der Waals surface area contributed by atoms with Crippen molar-refractivity contribution in [2.45, 2.75) is 87.2 Å². The van der Waals surface area contributed by atoms with E-state index >= 15 is 9.59 Å². The van der Waals surface area contributed by atoms with Crippen molar-refractivity contribution in [3.8, 4) is 5.75 Å². The molecule has 0 unspecified atom stereocenters. The van der Waals surface area contributed by atoms with Crippen LogP contribution in [0.25, 0.3) is 0 Å². The number of fused-ring (bicyclic) bond motifs is 1. The molecule has 0 bridgehead atoms. The molecule has 446 valence electrons. The van der Waals surface area contributed by atoms with Crippen LogP contribution in [0.5, 0.6) is 5.75 Å². The van der Waals surface area contributed by atoms with E-state index in [9.17, 15) is 14.4 Å². The van der Waals surface area contributed by atoms with Crippen LogP contribution in [0.4, 0.5) is 5.13 Å². The summed E-state index contributed by atoms with van der Waals surface area (Å²) in [5.74, 6) is -2.56. The van der Waals surface area contributed by atoms with Crippen LogP contribution in [0.1, 0.15) is 79.8 Å². The molecule has 0 aliphatic carbocycles. The van der Waals surface area contributed by atoms with E-state index in [4.69, 9.17) is 28.9 Å². The fourth-order valence-electron chi connectivity index (χ4n) is 9.56. The molecule has 2 aliphatic heterocycles. The smallest absolute Gasteiger partial charge is 0.356 e. The normalized spacial score (nSPS) is 15.2. The van der Waals surface area contributed by atoms with Crippen LogP contribution in [0.3, 0.4) is 0 Å². The molecular formula is C64H62N10O10S3. The van der Waals surface area contributed by atoms with Crippen LogP contribution in [0.15, 0.2) is 203 Å². The molecule has 0 saturated carbocycles. The first-order chi connectivity index (χ1) is 42.0. The summed E-state index contributed by atoms with van der Waals surface area (Å²) < 4.78 is 18.6. The van der Waals surface area contributed by atoms with Gasteiger partial charge in [0, 0.05) is 16.9 Å². The van der Waals surface area contributed by atoms with Crippen LogP contribution in [0.2, 0.25) is 0 Å². The van der Waals surface area contributed by atoms with Gasteiger partial charge in [0.1, 0.15) is 46.2 Å². The molecule has 2 aromatic heterocycles. The molecule has 2 aliphatic rings. The van der Waals surface area contributed by atoms with Gasteiger partial charge in [0.05, 0.1) is 13.7 Å². The fourth-order valence-corrected chi connectivity index (χ4v) is 12.7. The summed E-state index contributed by atoms with van der Waals surface area (Å²) in [7, 11) is 1.57. The molecule has 4 heterocycles. The highest BCUT2D eigenvalue weighted by atomic mass is 32.2. The largest absolute Gasteiger partial charge is 0.497 e. The minimum atomic E-state index is -1.70. The van der Waals surface area contributed by atoms with Gasteiger partial charge in [0.15, 0.2) is 16.9 Å². The molecule has 1 fully saturated rings. The number of tetrazole rings is 1. The summed E-state index contributed by atoms with van der Waals surface area (Å²) in [6.45, 7) is 7.90. The highest BCUT2D eigenvalue weighted by Crippen LogP contribution is 2.44. The SMILES string of the molecule is COc1ccc(CONC(=O)Cn2nnnc2SCC2=C(C(=O)OC(c3ccccc3)c3ccccc3)N3C(=O)[C@@H](NC(=O)C(=NOC(C)(C)C(=O)OC(C)(C)C)c4csc(NC(c5ccccc5)(c5ccccc5)c5ccccc5)n4)[C@@H]3SC2)cc1. The maximum Gasteiger partial charge on any atom is 0.356 e. The minimum Gasteiger partial charge on any atom is -0.497 e. The quantitative estimate of drug-likeness (QED) is 0.0127. The molecule has 0 spiro atoms. The van der Waals surface area contributed by atoms with Gasteiger partial charge in [-0.05, 0) is 96.1 Å². The molecule has 3 amide bonds. The number of esters is 2. The number of hydrogen-bond acceptors (Lipinski definition) is 19. The van der Waals surface area contributed by atoms with E-state index in [0.29, 0.717) is 27.6 Å². The molecule has 20 nitrogen and oxygen atoms in total. The Hall–Kier alpha value is -9.16. The van der Waals surface area contributed by atoms with Gasteiger partial charge in [-0.15, -0.1) is 28.2 Å². The van der Waals surface area contributed by atoms with Gasteiger partial charge in [0.2, 0.25) is 10.8 Å². The number of thiazole rings is 1. The number of rotatable bonds is 24. The number of benzene rings is 6. The average Bonchev–Trinajstić information content (AvgIpc) is 1.02. The number of nitrogens with zero attached hydrogens (tertiary/aromatic N) is 7. The minimum absolute atomic E-state index is 0.0207. The third-order valence-corrected chi connectivity index (χ3v) is 17.0. The first-order valence-corrected chi connectivity index (χ1v) is 30.5. The van der Waals surface area contributed by atoms with Gasteiger partial charge in [-0.25, -0.2) is 24.7 Å². The highest BCUT2D eigenvalue weighted by Gasteiger charge is 2.55. The number of methoxy groups -OCH3 is 1. The standard InChI is InChI=1S/C64H62N10O10S3/c1-62(2,3)83-59(79)63(4,5)84-70-51(49-40-86-60(65-49)67-64(45-26-16-9-17-27-45,46-28-18-10-19-29-46)47-30-20-11-21-31-47)55(76)66-52-56(77)74-53(58(78)82-54(42-22-12-7-13-23-42)43-24-14-8-15-25-43)44(38-85-57(52)74)39-87-61-68-71-72-73(61)36-50(75)69-81-37-41-32-34-48(80-6)35-33-41/h7-35,40,52,54,57H,36-39H2,1-6H3,(H,65,67)(H,66,76)(H,69,75)/t52-,57+/m1/s1. The summed E-state index contributed by atoms with van der Waals surface area (Å²) in [6, 6.07) is 54.3. The second-order valence-corrected chi connectivity index (χ2v) is 24.4. The third-order valence-electron chi connectivity index (χ3n) is 13.8. The number of ether oxygens (including phenoxy) is 3. The van der Waals surface area contributed by atoms with Gasteiger partial charge < -0.3 is 29.7 Å². The van der Waals surface area contributed by atoms with E-state index in [1.807, 2.05) is 164 Å². The summed E-state index contributed by atoms with van der Waals surface area (Å²) in [6.07, 6.45) is -0.876. The number of nitrogens with one attached hydrogen (secondary N) is 3. The molecule has 10 rings (SSSR count). The molecule has 1 saturated heterocycles. The lowest BCUT2D eigenvalue weighted by Gasteiger charge is -2.49. The zero-order chi connectivity index (χ0) is 61.1. The van der Waals surface area contributed by atoms with E-state index in [2.05, 4.69) is 36.8 Å². The van der Waals surface area contributed by atoms with Crippen molar-refractivity contribution in [2.75, 3.05) is 23.9 Å². The molecule has 2 atom stereocenters. The third kappa shape index (κ3) is 14.2. The zero-order valence-corrected chi connectivity index (χ0v) is 50.8. The van der Waals surface area contributed by atoms with E-state index < -0.39 is 63.9 Å². The second kappa shape index (κ2) is 27.0. The Bertz CT molecular complexity index is 3640. The molecule has 0 radical (unpaired) electrons. The predicted molar refractivity (Wildman–Crippen MR) is 330 cm³/mol. The number of carbonyl (C=O) groups is 5. The van der Waals surface area contributed by atoms with Crippen LogP contribution in [-0.2, 0) is 61.8 Å². The van der Waals surface area contributed by atoms with Gasteiger partial charge in [-0.2, -0.15) is 0 Å². The van der Waals surface area contributed by atoms with E-state index in [-0.39, 0.29) is 46.9 Å². The van der Waals surface area contributed by atoms with Crippen molar-refractivity contribution in [1.82, 2.24) is 40.9 Å². The Kier molecular flexibility index (Phi) is 18.9. The Morgan fingerprint density at radius 3 is 1.91 bits per heavy atom. The number of oxime groups is 1. The maximum atomic E-state index is 15.0. The van der Waals surface area contributed by atoms with E-state index in [0.717, 1.165) is 34.0 Å². The lowest BCUT2D eigenvalue weighted by molar-refractivity contribution is -0.179. The van der Waals surface area contributed by atoms with Crippen molar-refractivity contribution in [2.24, 2.45) is 5.16 Å². The molecule has 87 heavy (non-hydrogen) atoms. The summed E-state index contributed by atoms with van der Waals surface area (Å²) in [5, 5.41) is 24.4. The fraction of sp³-hybridized carbons (Fsp3) is 0.250. The molecule has 3 N–H and O–H groups in total. The van der Waals surface area contributed by atoms with Gasteiger partial charge in [-0.3, -0.25) is 24.1 Å². The Labute approximate surface area is 515 Å². The van der Waals surface area contributed by atoms with E-state index in [1.165, 1.54) is 46.5 Å². The first kappa shape index (κ1) is 60.9. The van der Waals surface area contributed by atoms with Crippen LogP contribution in [-0.4, -0.2) is 107 Å². The van der Waals surface area contributed by atoms with Gasteiger partial charge in [-0.1, -0.05) is 181 Å². The number of hydrogen-bond donors (Lipinski definition) is 3. The Morgan fingerprint density at radius 2 is 1.34 bits per heavy atom. The van der Waals surface area contributed by atoms with Gasteiger partial charge >= 0.3 is 11.9 Å². The Morgan fingerprint density at radius 1 is 0.770 bits per heavy atom. The summed E-state index contributed by atoms with van der Waals surface area (Å²) >= 11 is 3.68. The average molecular weight is 1230 g/mol. The van der Waals surface area contributed by atoms with Crippen molar-refractivity contribution in [1.29, 1.82) is 0 Å². The maximum absolute atomic E-state index is 15.0. The lowest BCUT2D eigenvalue weighted by atomic mass is 9.77. The topological polar surface area (TPSA) is 240 Å². The lowest BCUT2D eigenvalue weighted by Crippen LogP contribution is -2.71. The van der Waals surface area contributed by atoms with Crippen molar-refractivity contribution >= 4 is 75.4 Å². The number of hydroxylamine groups is 1. The second-order valence-electron chi connectivity index (χ2n) is 21.5. The van der Waals surface area contributed by atoms with Crippen LogP contribution >= 0.6 is 34.9 Å². The van der Waals surface area contributed by atoms with Gasteiger partial charge in [0.25, 0.3) is 17.7 Å². The predicted octanol–water partition coefficient (Wildman–Crippen LogP) is 9.41. The first-order valence-electron chi connectivity index (χ1n) is 27.6. The molecule has 23 heteroatoms. The number of amides is 3. The zero-order valence-electron chi connectivity index (χ0n) is 48.3. The Balaban J connectivity index is 0.937. The number of carbonyl (C=O) groups excluding carboxylic acids is 5. The summed E-state index contributed by atoms with van der Waals surface area (Å²) in [4.78, 5) is 89.3. The van der Waals surface area contributed by atoms with Crippen LogP contribution in [0, 0.1) is 0 Å². The van der Waals surface area contributed by atoms with Crippen molar-refractivity contribution in [3.63, 3.8) is 0 Å². The molecule has 8 aromatic rings. The number of β-lactam (4-membered cyclic amide) rings is 1. The molecule has 6 aromatic carbocycles. The van der Waals surface area contributed by atoms with E-state index in [1.54, 1.807) is 45.4 Å². The number of aromatic nitrogens is 5. The van der Waals surface area contributed by atoms with Crippen molar-refractivity contribution < 1.29 is 47.9 Å². The number of anilines is 1. The number of thioether (sulfide) groups is 2. The monoisotopic (exact) mass is 1230 g/mol. The van der Waals surface area contributed by atoms with Crippen molar-refractivity contribution in [3.05, 3.63) is 232 Å². The van der Waals surface area contributed by atoms with Crippen LogP contribution < -0.4 is 20.9 Å². The summed E-state index contributed by atoms with van der Waals surface area (Å²) in [5.41, 5.74) is 3.99. The highest BCUT2D eigenvalue weighted by molar-refractivity contribution is 8.01.